The number of amides is 1. The minimum Gasteiger partial charge on any atom is -0.336 e. The first kappa shape index (κ1) is 10.7. The fraction of sp³-hybridized carbons (Fsp3) is 0.462. The predicted molar refractivity (Wildman–Crippen MR) is 65.0 cm³/mol. The lowest BCUT2D eigenvalue weighted by atomic mass is 9.92. The smallest absolute Gasteiger partial charge is 0.227 e. The number of piperidine rings is 1. The molecule has 1 amide bonds. The highest BCUT2D eigenvalue weighted by Crippen LogP contribution is 2.23. The Hall–Kier alpha value is -1.39. The number of carbonyl (C=O) groups is 1. The second-order valence-corrected chi connectivity index (χ2v) is 4.70. The Morgan fingerprint density at radius 3 is 2.82 bits per heavy atom. The molecule has 2 fully saturated rings. The van der Waals surface area contributed by atoms with Crippen LogP contribution in [0.2, 0.25) is 0 Å². The summed E-state index contributed by atoms with van der Waals surface area (Å²) < 4.78 is 0. The molecule has 0 aromatic heterocycles. The van der Waals surface area contributed by atoms with Crippen LogP contribution in [0, 0.1) is 5.92 Å². The predicted octanol–water partition coefficient (Wildman–Crippen LogP) is 0.730. The van der Waals surface area contributed by atoms with Crippen LogP contribution in [0.1, 0.15) is 24.6 Å². The van der Waals surface area contributed by atoms with Gasteiger partial charge in [0.05, 0.1) is 12.1 Å². The van der Waals surface area contributed by atoms with Gasteiger partial charge in [-0.3, -0.25) is 10.1 Å². The SMILES string of the molecule is O=C1NC(c2ccccc2)NC2NCCCC12. The first-order valence-corrected chi connectivity index (χ1v) is 6.19. The van der Waals surface area contributed by atoms with Crippen LogP contribution in [-0.2, 0) is 4.79 Å². The zero-order valence-electron chi connectivity index (χ0n) is 9.65. The molecular weight excluding hydrogens is 214 g/mol. The van der Waals surface area contributed by atoms with Crippen molar-refractivity contribution in [1.82, 2.24) is 16.0 Å². The van der Waals surface area contributed by atoms with Gasteiger partial charge in [-0.2, -0.15) is 0 Å². The summed E-state index contributed by atoms with van der Waals surface area (Å²) in [4.78, 5) is 12.0. The highest BCUT2D eigenvalue weighted by Gasteiger charge is 2.37. The maximum absolute atomic E-state index is 12.0. The highest BCUT2D eigenvalue weighted by atomic mass is 16.2. The van der Waals surface area contributed by atoms with E-state index in [9.17, 15) is 4.79 Å². The summed E-state index contributed by atoms with van der Waals surface area (Å²) in [6.07, 6.45) is 2.09. The minimum atomic E-state index is -0.0736. The van der Waals surface area contributed by atoms with Crippen molar-refractivity contribution in [2.75, 3.05) is 6.54 Å². The Morgan fingerprint density at radius 2 is 2.00 bits per heavy atom. The Balaban J connectivity index is 1.79. The van der Waals surface area contributed by atoms with Crippen molar-refractivity contribution in [2.45, 2.75) is 25.2 Å². The van der Waals surface area contributed by atoms with E-state index in [0.29, 0.717) is 0 Å². The third kappa shape index (κ3) is 2.06. The molecule has 3 rings (SSSR count). The maximum Gasteiger partial charge on any atom is 0.227 e. The molecule has 0 saturated carbocycles. The van der Waals surface area contributed by atoms with Gasteiger partial charge in [-0.15, -0.1) is 0 Å². The van der Waals surface area contributed by atoms with Gasteiger partial charge in [-0.05, 0) is 24.9 Å². The van der Waals surface area contributed by atoms with E-state index in [1.54, 1.807) is 0 Å². The Labute approximate surface area is 101 Å². The Bertz CT molecular complexity index is 406. The van der Waals surface area contributed by atoms with Crippen molar-refractivity contribution >= 4 is 5.91 Å². The second-order valence-electron chi connectivity index (χ2n) is 4.70. The fourth-order valence-corrected chi connectivity index (χ4v) is 2.64. The molecular formula is C13H17N3O. The molecule has 1 aromatic carbocycles. The number of rotatable bonds is 1. The van der Waals surface area contributed by atoms with Gasteiger partial charge in [0, 0.05) is 0 Å². The summed E-state index contributed by atoms with van der Waals surface area (Å²) in [5, 5.41) is 9.88. The molecule has 3 atom stereocenters. The van der Waals surface area contributed by atoms with Crippen molar-refractivity contribution in [3.8, 4) is 0 Å². The lowest BCUT2D eigenvalue weighted by molar-refractivity contribution is -0.131. The van der Waals surface area contributed by atoms with Crippen LogP contribution in [0.25, 0.3) is 0 Å². The number of fused-ring (bicyclic) bond motifs is 1. The van der Waals surface area contributed by atoms with Gasteiger partial charge < -0.3 is 10.6 Å². The largest absolute Gasteiger partial charge is 0.336 e. The van der Waals surface area contributed by atoms with E-state index in [4.69, 9.17) is 0 Å². The van der Waals surface area contributed by atoms with Gasteiger partial charge in [0.2, 0.25) is 5.91 Å². The monoisotopic (exact) mass is 231 g/mol. The number of carbonyl (C=O) groups excluding carboxylic acids is 1. The molecule has 3 N–H and O–H groups in total. The zero-order valence-corrected chi connectivity index (χ0v) is 9.65. The van der Waals surface area contributed by atoms with E-state index in [0.717, 1.165) is 24.9 Å². The normalized spacial score (nSPS) is 32.7. The van der Waals surface area contributed by atoms with E-state index in [1.165, 1.54) is 0 Å². The summed E-state index contributed by atoms with van der Waals surface area (Å²) in [6, 6.07) is 10.0. The summed E-state index contributed by atoms with van der Waals surface area (Å²) >= 11 is 0. The molecule has 4 heteroatoms. The highest BCUT2D eigenvalue weighted by molar-refractivity contribution is 5.80. The molecule has 2 heterocycles. The molecule has 3 unspecified atom stereocenters. The molecule has 17 heavy (non-hydrogen) atoms. The molecule has 0 spiro atoms. The third-order valence-electron chi connectivity index (χ3n) is 3.56. The zero-order chi connectivity index (χ0) is 11.7. The number of hydrogen-bond donors (Lipinski definition) is 3. The molecule has 4 nitrogen and oxygen atoms in total. The molecule has 0 radical (unpaired) electrons. The van der Waals surface area contributed by atoms with Crippen LogP contribution in [0.15, 0.2) is 30.3 Å². The van der Waals surface area contributed by atoms with E-state index < -0.39 is 0 Å². The lowest BCUT2D eigenvalue weighted by Crippen LogP contribution is -2.63. The molecule has 90 valence electrons. The second kappa shape index (κ2) is 4.47. The van der Waals surface area contributed by atoms with Gasteiger partial charge >= 0.3 is 0 Å². The van der Waals surface area contributed by atoms with Gasteiger partial charge in [-0.1, -0.05) is 30.3 Å². The number of nitrogens with one attached hydrogen (secondary N) is 3. The summed E-state index contributed by atoms with van der Waals surface area (Å²) in [5.74, 6) is 0.235. The third-order valence-corrected chi connectivity index (χ3v) is 3.56. The first-order chi connectivity index (χ1) is 8.34. The average molecular weight is 231 g/mol. The quantitative estimate of drug-likeness (QED) is 0.668. The molecule has 1 aromatic rings. The lowest BCUT2D eigenvalue weighted by Gasteiger charge is -2.40. The Kier molecular flexibility index (Phi) is 2.82. The van der Waals surface area contributed by atoms with Crippen molar-refractivity contribution in [3.63, 3.8) is 0 Å². The van der Waals surface area contributed by atoms with Gasteiger partial charge in [0.25, 0.3) is 0 Å². The number of benzene rings is 1. The summed E-state index contributed by atoms with van der Waals surface area (Å²) in [5.41, 5.74) is 1.10. The van der Waals surface area contributed by atoms with Crippen molar-refractivity contribution in [1.29, 1.82) is 0 Å². The molecule has 2 saturated heterocycles. The van der Waals surface area contributed by atoms with E-state index >= 15 is 0 Å². The maximum atomic E-state index is 12.0. The van der Waals surface area contributed by atoms with Crippen molar-refractivity contribution in [3.05, 3.63) is 35.9 Å². The van der Waals surface area contributed by atoms with Crippen molar-refractivity contribution < 1.29 is 4.79 Å². The van der Waals surface area contributed by atoms with Crippen LogP contribution in [-0.4, -0.2) is 18.6 Å². The fourth-order valence-electron chi connectivity index (χ4n) is 2.64. The molecule has 2 aliphatic rings. The van der Waals surface area contributed by atoms with Gasteiger partial charge in [0.15, 0.2) is 0 Å². The molecule has 0 aliphatic carbocycles. The number of hydrogen-bond acceptors (Lipinski definition) is 3. The van der Waals surface area contributed by atoms with Crippen LogP contribution < -0.4 is 16.0 Å². The average Bonchev–Trinajstić information content (AvgIpc) is 2.40. The van der Waals surface area contributed by atoms with Crippen LogP contribution >= 0.6 is 0 Å². The first-order valence-electron chi connectivity index (χ1n) is 6.19. The van der Waals surface area contributed by atoms with Crippen molar-refractivity contribution in [2.24, 2.45) is 5.92 Å². The summed E-state index contributed by atoms with van der Waals surface area (Å²) in [7, 11) is 0. The summed E-state index contributed by atoms with van der Waals surface area (Å²) in [6.45, 7) is 0.989. The van der Waals surface area contributed by atoms with Crippen LogP contribution in [0.4, 0.5) is 0 Å². The minimum absolute atomic E-state index is 0.0729. The van der Waals surface area contributed by atoms with Gasteiger partial charge in [-0.25, -0.2) is 0 Å². The topological polar surface area (TPSA) is 53.2 Å². The van der Waals surface area contributed by atoms with Crippen LogP contribution in [0.5, 0.6) is 0 Å². The molecule has 0 bridgehead atoms. The standard InChI is InChI=1S/C13H17N3O/c17-13-10-7-4-8-14-12(10)15-11(16-13)9-5-2-1-3-6-9/h1-3,5-6,10-12,14-15H,4,7-8H2,(H,16,17). The van der Waals surface area contributed by atoms with E-state index in [1.807, 2.05) is 30.3 Å². The molecule has 2 aliphatic heterocycles. The Morgan fingerprint density at radius 1 is 1.18 bits per heavy atom. The van der Waals surface area contributed by atoms with Gasteiger partial charge in [0.1, 0.15) is 6.17 Å². The van der Waals surface area contributed by atoms with E-state index in [2.05, 4.69) is 16.0 Å². The van der Waals surface area contributed by atoms with E-state index in [-0.39, 0.29) is 24.2 Å². The van der Waals surface area contributed by atoms with Crippen LogP contribution in [0.3, 0.4) is 0 Å².